The van der Waals surface area contributed by atoms with Gasteiger partial charge < -0.3 is 24.0 Å². The van der Waals surface area contributed by atoms with Gasteiger partial charge in [0.15, 0.2) is 11.5 Å². The summed E-state index contributed by atoms with van der Waals surface area (Å²) in [5, 5.41) is 2.09. The lowest BCUT2D eigenvalue weighted by Crippen LogP contribution is -2.48. The zero-order chi connectivity index (χ0) is 26.9. The molecule has 1 saturated carbocycles. The maximum atomic E-state index is 13.8. The molecule has 3 heterocycles. The van der Waals surface area contributed by atoms with Crippen LogP contribution in [-0.2, 0) is 11.2 Å². The molecule has 6 rings (SSSR count). The molecule has 39 heavy (non-hydrogen) atoms. The van der Waals surface area contributed by atoms with E-state index in [9.17, 15) is 9.59 Å². The molecule has 3 aliphatic rings. The largest absolute Gasteiger partial charge is 0.491 e. The van der Waals surface area contributed by atoms with Crippen molar-refractivity contribution in [3.8, 4) is 17.2 Å². The predicted octanol–water partition coefficient (Wildman–Crippen LogP) is 5.66. The number of benzene rings is 2. The van der Waals surface area contributed by atoms with Gasteiger partial charge >= 0.3 is 0 Å². The van der Waals surface area contributed by atoms with Gasteiger partial charge in [0.05, 0.1) is 6.04 Å². The second-order valence-electron chi connectivity index (χ2n) is 10.9. The fourth-order valence-corrected chi connectivity index (χ4v) is 6.22. The van der Waals surface area contributed by atoms with Crippen molar-refractivity contribution in [1.29, 1.82) is 0 Å². The summed E-state index contributed by atoms with van der Waals surface area (Å²) in [6, 6.07) is 15.3. The topological polar surface area (TPSA) is 68.3 Å². The summed E-state index contributed by atoms with van der Waals surface area (Å²) in [5.74, 6) is 2.70. The highest BCUT2D eigenvalue weighted by molar-refractivity contribution is 7.10. The molecule has 0 saturated heterocycles. The summed E-state index contributed by atoms with van der Waals surface area (Å²) in [7, 11) is 0. The molecule has 0 radical (unpaired) electrons. The second-order valence-corrected chi connectivity index (χ2v) is 11.9. The van der Waals surface area contributed by atoms with Crippen LogP contribution in [0.15, 0.2) is 53.9 Å². The Balaban J connectivity index is 1.19. The van der Waals surface area contributed by atoms with Crippen LogP contribution in [0.2, 0.25) is 0 Å². The number of hydrogen-bond acceptors (Lipinski definition) is 6. The van der Waals surface area contributed by atoms with E-state index in [2.05, 4.69) is 37.4 Å². The third-order valence-corrected chi connectivity index (χ3v) is 8.77. The normalized spacial score (nSPS) is 17.7. The molecular weight excluding hydrogens is 512 g/mol. The molecule has 1 fully saturated rings. The number of nitrogens with zero attached hydrogens (tertiary/aromatic N) is 2. The van der Waals surface area contributed by atoms with Gasteiger partial charge in [-0.15, -0.1) is 11.3 Å². The highest BCUT2D eigenvalue weighted by Gasteiger charge is 2.35. The van der Waals surface area contributed by atoms with E-state index >= 15 is 0 Å². The minimum absolute atomic E-state index is 0.0445. The summed E-state index contributed by atoms with van der Waals surface area (Å²) in [5.41, 5.74) is 2.92. The van der Waals surface area contributed by atoms with Gasteiger partial charge in [0.1, 0.15) is 18.9 Å². The molecule has 2 aliphatic heterocycles. The molecule has 2 amide bonds. The molecule has 8 heteroatoms. The summed E-state index contributed by atoms with van der Waals surface area (Å²) < 4.78 is 17.1. The lowest BCUT2D eigenvalue weighted by molar-refractivity contribution is -0.135. The van der Waals surface area contributed by atoms with Gasteiger partial charge in [0.2, 0.25) is 12.7 Å². The average molecular weight is 547 g/mol. The number of carbonyl (C=O) groups excluding carboxylic acids is 2. The van der Waals surface area contributed by atoms with Crippen molar-refractivity contribution in [2.24, 2.45) is 5.92 Å². The summed E-state index contributed by atoms with van der Waals surface area (Å²) >= 11 is 1.73. The average Bonchev–Trinajstić information content (AvgIpc) is 3.42. The smallest absolute Gasteiger partial charge is 0.254 e. The third-order valence-electron chi connectivity index (χ3n) is 7.78. The fourth-order valence-electron chi connectivity index (χ4n) is 5.30. The Morgan fingerprint density at radius 1 is 1.08 bits per heavy atom. The first-order valence-corrected chi connectivity index (χ1v) is 14.6. The van der Waals surface area contributed by atoms with Crippen LogP contribution in [0.3, 0.4) is 0 Å². The van der Waals surface area contributed by atoms with Crippen LogP contribution in [-0.4, -0.2) is 54.6 Å². The minimum atomic E-state index is -0.194. The Morgan fingerprint density at radius 2 is 1.87 bits per heavy atom. The molecular formula is C31H34N2O5S. The summed E-state index contributed by atoms with van der Waals surface area (Å²) in [6.07, 6.45) is 3.00. The first-order chi connectivity index (χ1) is 19.0. The van der Waals surface area contributed by atoms with Crippen LogP contribution in [0.4, 0.5) is 0 Å². The quantitative estimate of drug-likeness (QED) is 0.347. The molecule has 1 aromatic heterocycles. The van der Waals surface area contributed by atoms with E-state index in [4.69, 9.17) is 14.2 Å². The Morgan fingerprint density at radius 3 is 2.64 bits per heavy atom. The molecule has 0 spiro atoms. The highest BCUT2D eigenvalue weighted by Crippen LogP contribution is 2.36. The lowest BCUT2D eigenvalue weighted by Gasteiger charge is -2.37. The highest BCUT2D eigenvalue weighted by atomic mass is 32.1. The van der Waals surface area contributed by atoms with E-state index in [0.29, 0.717) is 48.6 Å². The van der Waals surface area contributed by atoms with Crippen molar-refractivity contribution in [3.05, 3.63) is 75.5 Å². The van der Waals surface area contributed by atoms with E-state index in [-0.39, 0.29) is 31.2 Å². The predicted molar refractivity (Wildman–Crippen MR) is 150 cm³/mol. The first kappa shape index (κ1) is 25.7. The zero-order valence-electron chi connectivity index (χ0n) is 22.4. The van der Waals surface area contributed by atoms with Crippen LogP contribution in [0, 0.1) is 5.92 Å². The van der Waals surface area contributed by atoms with Crippen molar-refractivity contribution in [3.63, 3.8) is 0 Å². The SMILES string of the molecule is CC(C)c1ccc(OC[C@@H]2c3ccsc3CCN2C(=O)CN(CC2CC2)C(=O)c2ccc3c(c2)OCO3)cc1. The summed E-state index contributed by atoms with van der Waals surface area (Å²) in [6.45, 7) is 6.11. The van der Waals surface area contributed by atoms with E-state index in [0.717, 1.165) is 30.6 Å². The number of carbonyl (C=O) groups is 2. The molecule has 0 bridgehead atoms. The zero-order valence-corrected chi connectivity index (χ0v) is 23.2. The Bertz CT molecular complexity index is 1350. The monoisotopic (exact) mass is 546 g/mol. The van der Waals surface area contributed by atoms with E-state index in [1.807, 2.05) is 17.0 Å². The molecule has 2 aromatic carbocycles. The molecule has 1 atom stereocenters. The van der Waals surface area contributed by atoms with Crippen molar-refractivity contribution < 1.29 is 23.8 Å². The van der Waals surface area contributed by atoms with Gasteiger partial charge in [-0.1, -0.05) is 26.0 Å². The molecule has 204 valence electrons. The first-order valence-electron chi connectivity index (χ1n) is 13.7. The van der Waals surface area contributed by atoms with Gasteiger partial charge in [0.25, 0.3) is 5.91 Å². The Kier molecular flexibility index (Phi) is 7.21. The molecule has 7 nitrogen and oxygen atoms in total. The number of fused-ring (bicyclic) bond motifs is 2. The number of hydrogen-bond donors (Lipinski definition) is 0. The maximum absolute atomic E-state index is 13.8. The second kappa shape index (κ2) is 10.9. The number of rotatable bonds is 9. The molecule has 0 N–H and O–H groups in total. The van der Waals surface area contributed by atoms with Crippen LogP contribution < -0.4 is 14.2 Å². The number of thiophene rings is 1. The number of ether oxygens (including phenoxy) is 3. The maximum Gasteiger partial charge on any atom is 0.254 e. The fraction of sp³-hybridized carbons (Fsp3) is 0.419. The van der Waals surface area contributed by atoms with Gasteiger partial charge in [-0.25, -0.2) is 0 Å². The van der Waals surface area contributed by atoms with Gasteiger partial charge in [0, 0.05) is 23.5 Å². The van der Waals surface area contributed by atoms with Crippen molar-refractivity contribution >= 4 is 23.2 Å². The van der Waals surface area contributed by atoms with E-state index in [1.165, 1.54) is 10.4 Å². The lowest BCUT2D eigenvalue weighted by atomic mass is 10.00. The van der Waals surface area contributed by atoms with Crippen LogP contribution in [0.25, 0.3) is 0 Å². The van der Waals surface area contributed by atoms with Crippen molar-refractivity contribution in [1.82, 2.24) is 9.80 Å². The Hall–Kier alpha value is -3.52. The summed E-state index contributed by atoms with van der Waals surface area (Å²) in [4.78, 5) is 32.3. The van der Waals surface area contributed by atoms with E-state index in [1.54, 1.807) is 34.4 Å². The van der Waals surface area contributed by atoms with Crippen molar-refractivity contribution in [2.75, 3.05) is 33.0 Å². The van der Waals surface area contributed by atoms with Crippen LogP contribution >= 0.6 is 11.3 Å². The van der Waals surface area contributed by atoms with Gasteiger partial charge in [-0.05, 0) is 84.0 Å². The Labute approximate surface area is 233 Å². The number of amides is 2. The third kappa shape index (κ3) is 5.62. The van der Waals surface area contributed by atoms with Crippen LogP contribution in [0.1, 0.15) is 65.0 Å². The molecule has 3 aromatic rings. The van der Waals surface area contributed by atoms with E-state index < -0.39 is 0 Å². The molecule has 0 unspecified atom stereocenters. The standard InChI is InChI=1S/C31H34N2O5S/c1-20(2)22-5-8-24(9-6-22)36-18-26-25-12-14-39-29(25)11-13-33(26)30(34)17-32(16-21-3-4-21)31(35)23-7-10-27-28(15-23)38-19-37-27/h5-10,12,14-15,20-21,26H,3-4,11,13,16-19H2,1-2H3/t26-/m1/s1. The molecule has 1 aliphatic carbocycles. The minimum Gasteiger partial charge on any atom is -0.491 e. The van der Waals surface area contributed by atoms with Crippen LogP contribution in [0.5, 0.6) is 17.2 Å². The van der Waals surface area contributed by atoms with Gasteiger partial charge in [-0.2, -0.15) is 0 Å². The van der Waals surface area contributed by atoms with Crippen molar-refractivity contribution in [2.45, 2.75) is 45.1 Å². The van der Waals surface area contributed by atoms with Gasteiger partial charge in [-0.3, -0.25) is 9.59 Å².